The molecule has 9 heteroatoms. The van der Waals surface area contributed by atoms with Gasteiger partial charge in [-0.2, -0.15) is 5.06 Å². The maximum absolute atomic E-state index is 12.3. The first-order chi connectivity index (χ1) is 10.6. The third-order valence-electron chi connectivity index (χ3n) is 2.35. The molecule has 24 heavy (non-hydrogen) atoms. The summed E-state index contributed by atoms with van der Waals surface area (Å²) in [6.07, 6.45) is -0.933. The maximum Gasteiger partial charge on any atom is 0.399 e. The van der Waals surface area contributed by atoms with Crippen LogP contribution in [0.3, 0.4) is 0 Å². The topological polar surface area (TPSA) is 130 Å². The van der Waals surface area contributed by atoms with Crippen molar-refractivity contribution in [2.24, 2.45) is 0 Å². The van der Waals surface area contributed by atoms with Crippen molar-refractivity contribution >= 4 is 23.8 Å². The molecule has 0 saturated carbocycles. The van der Waals surface area contributed by atoms with Crippen LogP contribution >= 0.6 is 0 Å². The summed E-state index contributed by atoms with van der Waals surface area (Å²) in [4.78, 5) is 51.7. The highest BCUT2D eigenvalue weighted by atomic mass is 16.7. The van der Waals surface area contributed by atoms with Gasteiger partial charge in [0.1, 0.15) is 5.60 Å². The summed E-state index contributed by atoms with van der Waals surface area (Å²) in [7, 11) is 0. The number of amides is 1. The Morgan fingerprint density at radius 3 is 1.79 bits per heavy atom. The Morgan fingerprint density at radius 2 is 1.46 bits per heavy atom. The van der Waals surface area contributed by atoms with Crippen LogP contribution in [-0.4, -0.2) is 56.3 Å². The van der Waals surface area contributed by atoms with Crippen molar-refractivity contribution in [3.05, 3.63) is 0 Å². The molecule has 0 rings (SSSR count). The number of ether oxygens (including phenoxy) is 1. The number of carbonyl (C=O) groups is 4. The van der Waals surface area contributed by atoms with Crippen molar-refractivity contribution in [2.45, 2.75) is 71.6 Å². The van der Waals surface area contributed by atoms with Crippen molar-refractivity contribution in [2.75, 3.05) is 0 Å². The monoisotopic (exact) mass is 347 g/mol. The van der Waals surface area contributed by atoms with E-state index in [0.717, 1.165) is 0 Å². The van der Waals surface area contributed by atoms with E-state index < -0.39 is 53.9 Å². The fourth-order valence-corrected chi connectivity index (χ4v) is 1.55. The van der Waals surface area contributed by atoms with E-state index in [-0.39, 0.29) is 0 Å². The highest BCUT2D eigenvalue weighted by molar-refractivity contribution is 6.32. The standard InChI is InChI=1S/C15H25NO8/c1-14(2,3)23-13(22)11(19)16(24-15(4,5)6)9(12(20)21)7-8-10(17)18/h9H,7-8H2,1-6H3,(H,17,18)(H,20,21)/t9-/m0/s1. The number of carboxylic acids is 2. The highest BCUT2D eigenvalue weighted by Gasteiger charge is 2.39. The van der Waals surface area contributed by atoms with Gasteiger partial charge in [0, 0.05) is 6.42 Å². The van der Waals surface area contributed by atoms with Crippen molar-refractivity contribution in [3.8, 4) is 0 Å². The van der Waals surface area contributed by atoms with Crippen LogP contribution in [0, 0.1) is 0 Å². The molecule has 1 atom stereocenters. The third kappa shape index (κ3) is 8.47. The van der Waals surface area contributed by atoms with Gasteiger partial charge in [-0.05, 0) is 48.0 Å². The fraction of sp³-hybridized carbons (Fsp3) is 0.733. The first kappa shape index (κ1) is 21.8. The van der Waals surface area contributed by atoms with Gasteiger partial charge in [-0.3, -0.25) is 14.4 Å². The first-order valence-electron chi connectivity index (χ1n) is 7.34. The molecule has 0 unspecified atom stereocenters. The molecule has 0 radical (unpaired) electrons. The lowest BCUT2D eigenvalue weighted by molar-refractivity contribution is -0.246. The molecular weight excluding hydrogens is 322 g/mol. The molecule has 0 aromatic rings. The normalized spacial score (nSPS) is 13.1. The smallest absolute Gasteiger partial charge is 0.399 e. The summed E-state index contributed by atoms with van der Waals surface area (Å²) in [5, 5.41) is 18.4. The lowest BCUT2D eigenvalue weighted by Gasteiger charge is -2.33. The van der Waals surface area contributed by atoms with E-state index in [9.17, 15) is 24.3 Å². The Bertz CT molecular complexity index is 501. The molecule has 0 saturated heterocycles. The molecule has 1 amide bonds. The number of hydrogen-bond donors (Lipinski definition) is 2. The summed E-state index contributed by atoms with van der Waals surface area (Å²) in [6, 6.07) is -1.64. The van der Waals surface area contributed by atoms with E-state index in [0.29, 0.717) is 5.06 Å². The molecule has 0 aromatic carbocycles. The minimum absolute atomic E-state index is 0.388. The Kier molecular flexibility index (Phi) is 7.36. The summed E-state index contributed by atoms with van der Waals surface area (Å²) in [5.74, 6) is -5.31. The van der Waals surface area contributed by atoms with E-state index in [1.165, 1.54) is 0 Å². The second-order valence-corrected chi connectivity index (χ2v) is 7.12. The quantitative estimate of drug-likeness (QED) is 0.416. The average molecular weight is 347 g/mol. The van der Waals surface area contributed by atoms with Gasteiger partial charge in [0.15, 0.2) is 6.04 Å². The number of carboxylic acid groups (broad SMARTS) is 2. The van der Waals surface area contributed by atoms with Crippen LogP contribution in [0.15, 0.2) is 0 Å². The molecule has 0 bridgehead atoms. The number of rotatable bonds is 6. The first-order valence-corrected chi connectivity index (χ1v) is 7.34. The van der Waals surface area contributed by atoms with E-state index in [1.54, 1.807) is 41.5 Å². The Morgan fingerprint density at radius 1 is 0.958 bits per heavy atom. The molecule has 0 aliphatic carbocycles. The molecule has 0 aromatic heterocycles. The van der Waals surface area contributed by atoms with Gasteiger partial charge in [0.25, 0.3) is 0 Å². The van der Waals surface area contributed by atoms with Crippen LogP contribution in [0.4, 0.5) is 0 Å². The predicted octanol–water partition coefficient (Wildman–Crippen LogP) is 1.20. The fourth-order valence-electron chi connectivity index (χ4n) is 1.55. The minimum Gasteiger partial charge on any atom is -0.481 e. The zero-order valence-corrected chi connectivity index (χ0v) is 14.8. The van der Waals surface area contributed by atoms with Crippen LogP contribution in [0.25, 0.3) is 0 Å². The molecule has 0 fully saturated rings. The van der Waals surface area contributed by atoms with Crippen LogP contribution in [-0.2, 0) is 28.8 Å². The van der Waals surface area contributed by atoms with Gasteiger partial charge in [0.2, 0.25) is 0 Å². The molecule has 0 heterocycles. The Hall–Kier alpha value is -2.16. The van der Waals surface area contributed by atoms with Crippen LogP contribution in [0.5, 0.6) is 0 Å². The van der Waals surface area contributed by atoms with Crippen LogP contribution < -0.4 is 0 Å². The molecule has 0 aliphatic rings. The lowest BCUT2D eigenvalue weighted by Crippen LogP contribution is -2.52. The van der Waals surface area contributed by atoms with Gasteiger partial charge >= 0.3 is 23.8 Å². The lowest BCUT2D eigenvalue weighted by atomic mass is 10.1. The summed E-state index contributed by atoms with van der Waals surface area (Å²) in [6.45, 7) is 9.31. The van der Waals surface area contributed by atoms with E-state index in [2.05, 4.69) is 0 Å². The second kappa shape index (κ2) is 8.09. The molecule has 0 spiro atoms. The van der Waals surface area contributed by atoms with Gasteiger partial charge < -0.3 is 14.9 Å². The van der Waals surface area contributed by atoms with Crippen molar-refractivity contribution < 1.29 is 39.0 Å². The van der Waals surface area contributed by atoms with E-state index >= 15 is 0 Å². The highest BCUT2D eigenvalue weighted by Crippen LogP contribution is 2.18. The third-order valence-corrected chi connectivity index (χ3v) is 2.35. The Labute approximate surface area is 140 Å². The zero-order chi connectivity index (χ0) is 19.3. The second-order valence-electron chi connectivity index (χ2n) is 7.12. The van der Waals surface area contributed by atoms with Crippen molar-refractivity contribution in [1.82, 2.24) is 5.06 Å². The SMILES string of the molecule is CC(C)(C)OC(=O)C(=O)N(OC(C)(C)C)[C@@H](CCC(=O)O)C(=O)O. The molecule has 0 aliphatic heterocycles. The average Bonchev–Trinajstić information content (AvgIpc) is 2.32. The number of nitrogens with zero attached hydrogens (tertiary/aromatic N) is 1. The molecule has 2 N–H and O–H groups in total. The van der Waals surface area contributed by atoms with Gasteiger partial charge in [0.05, 0.1) is 5.60 Å². The molecule has 9 nitrogen and oxygen atoms in total. The van der Waals surface area contributed by atoms with Gasteiger partial charge in [-0.15, -0.1) is 0 Å². The van der Waals surface area contributed by atoms with Crippen LogP contribution in [0.2, 0.25) is 0 Å². The van der Waals surface area contributed by atoms with Crippen molar-refractivity contribution in [1.29, 1.82) is 0 Å². The largest absolute Gasteiger partial charge is 0.481 e. The summed E-state index contributed by atoms with van der Waals surface area (Å²) < 4.78 is 4.93. The molecular formula is C15H25NO8. The maximum atomic E-state index is 12.3. The summed E-state index contributed by atoms with van der Waals surface area (Å²) in [5.41, 5.74) is -1.95. The van der Waals surface area contributed by atoms with Crippen LogP contribution in [0.1, 0.15) is 54.4 Å². The van der Waals surface area contributed by atoms with E-state index in [1.807, 2.05) is 0 Å². The minimum atomic E-state index is -1.64. The zero-order valence-electron chi connectivity index (χ0n) is 14.8. The number of hydroxylamine groups is 2. The molecule has 138 valence electrons. The van der Waals surface area contributed by atoms with Crippen molar-refractivity contribution in [3.63, 3.8) is 0 Å². The predicted molar refractivity (Wildman–Crippen MR) is 81.8 cm³/mol. The number of esters is 1. The van der Waals surface area contributed by atoms with Gasteiger partial charge in [-0.25, -0.2) is 9.59 Å². The van der Waals surface area contributed by atoms with Gasteiger partial charge in [-0.1, -0.05) is 0 Å². The number of carbonyl (C=O) groups excluding carboxylic acids is 2. The summed E-state index contributed by atoms with van der Waals surface area (Å²) >= 11 is 0. The number of aliphatic carboxylic acids is 2. The van der Waals surface area contributed by atoms with E-state index in [4.69, 9.17) is 14.7 Å². The number of hydrogen-bond acceptors (Lipinski definition) is 6. The Balaban J connectivity index is 5.54.